The summed E-state index contributed by atoms with van der Waals surface area (Å²) in [4.78, 5) is 28.7. The molecule has 0 atom stereocenters. The molecular formula is C38H39N9O3. The van der Waals surface area contributed by atoms with E-state index in [2.05, 4.69) is 51.7 Å². The molecule has 2 amide bonds. The highest BCUT2D eigenvalue weighted by Gasteiger charge is 2.26. The summed E-state index contributed by atoms with van der Waals surface area (Å²) in [6.45, 7) is 9.70. The molecule has 254 valence electrons. The smallest absolute Gasteiger partial charge is 0.324 e. The van der Waals surface area contributed by atoms with Crippen LogP contribution < -0.4 is 25.6 Å². The third kappa shape index (κ3) is 7.20. The number of carbonyl (C=O) groups is 1. The molecule has 12 heteroatoms. The van der Waals surface area contributed by atoms with E-state index in [4.69, 9.17) is 9.84 Å². The van der Waals surface area contributed by atoms with Crippen LogP contribution in [0.4, 0.5) is 33.8 Å². The summed E-state index contributed by atoms with van der Waals surface area (Å²) in [5, 5.41) is 25.4. The Hall–Kier alpha value is -6.01. The first-order chi connectivity index (χ1) is 24.1. The lowest BCUT2D eigenvalue weighted by Crippen LogP contribution is -2.51. The highest BCUT2D eigenvalue weighted by atomic mass is 16.5. The minimum absolute atomic E-state index is 0.205. The number of ether oxygens (including phenoxy) is 1. The van der Waals surface area contributed by atoms with Crippen LogP contribution >= 0.6 is 0 Å². The lowest BCUT2D eigenvalue weighted by Gasteiger charge is -2.36. The van der Waals surface area contributed by atoms with Gasteiger partial charge in [-0.05, 0) is 48.9 Å². The zero-order valence-electron chi connectivity index (χ0n) is 28.4. The van der Waals surface area contributed by atoms with Crippen LogP contribution in [0.2, 0.25) is 0 Å². The summed E-state index contributed by atoms with van der Waals surface area (Å²) >= 11 is 0. The van der Waals surface area contributed by atoms with Gasteiger partial charge in [0.05, 0.1) is 35.6 Å². The number of nitrogens with one attached hydrogen (secondary N) is 3. The van der Waals surface area contributed by atoms with E-state index in [1.807, 2.05) is 90.7 Å². The van der Waals surface area contributed by atoms with Crippen molar-refractivity contribution in [2.45, 2.75) is 45.8 Å². The number of anilines is 5. The molecule has 0 radical (unpaired) electrons. The highest BCUT2D eigenvalue weighted by molar-refractivity contribution is 6.07. The minimum atomic E-state index is -0.382. The molecule has 7 rings (SSSR count). The summed E-state index contributed by atoms with van der Waals surface area (Å²) in [5.41, 5.74) is 4.21. The minimum Gasteiger partial charge on any atom is -0.488 e. The van der Waals surface area contributed by atoms with Crippen LogP contribution in [0.5, 0.6) is 5.75 Å². The number of aliphatic hydroxyl groups is 1. The van der Waals surface area contributed by atoms with Crippen molar-refractivity contribution in [2.24, 2.45) is 0 Å². The molecule has 6 aromatic rings. The molecule has 0 spiro atoms. The van der Waals surface area contributed by atoms with E-state index in [-0.39, 0.29) is 17.6 Å². The van der Waals surface area contributed by atoms with Gasteiger partial charge in [0, 0.05) is 41.5 Å². The zero-order chi connectivity index (χ0) is 34.8. The zero-order valence-corrected chi connectivity index (χ0v) is 28.4. The molecule has 0 aliphatic carbocycles. The SMILES string of the molecule is Cc1ccc(-n2nc(C(C)(C)C)cc2NC(=O)Nc2ccc(OCc3ccnc(Nc4cncc(N5CC(O)C5)n4)c3)c3ccccc23)cc1. The lowest BCUT2D eigenvalue weighted by molar-refractivity contribution is 0.141. The van der Waals surface area contributed by atoms with Crippen LogP contribution in [0.1, 0.15) is 37.6 Å². The number of β-amino-alcohol motifs (C(OH)–C–C–N with tert-alkyl or cyclic N) is 1. The molecule has 1 aliphatic rings. The Morgan fingerprint density at radius 1 is 0.940 bits per heavy atom. The Morgan fingerprint density at radius 3 is 2.48 bits per heavy atom. The van der Waals surface area contributed by atoms with Crippen molar-refractivity contribution in [3.8, 4) is 11.4 Å². The number of pyridine rings is 1. The summed E-state index contributed by atoms with van der Waals surface area (Å²) in [6, 6.07) is 24.9. The maximum atomic E-state index is 13.4. The Morgan fingerprint density at radius 2 is 1.72 bits per heavy atom. The van der Waals surface area contributed by atoms with Crippen molar-refractivity contribution in [1.29, 1.82) is 0 Å². The van der Waals surface area contributed by atoms with Gasteiger partial charge in [0.1, 0.15) is 29.8 Å². The van der Waals surface area contributed by atoms with Gasteiger partial charge in [-0.3, -0.25) is 10.3 Å². The van der Waals surface area contributed by atoms with Crippen molar-refractivity contribution < 1.29 is 14.6 Å². The molecule has 0 unspecified atom stereocenters. The Kier molecular flexibility index (Phi) is 8.77. The standard InChI is InChI=1S/C38H39N9O3/c1-24-9-11-26(12-10-24)47-35(18-32(45-47)38(2,3)4)44-37(49)41-30-13-14-31(29-8-6-5-7-28(29)30)50-23-25-15-16-40-33(17-25)42-34-19-39-20-36(43-34)46-21-27(48)22-46/h5-20,27,48H,21-23H2,1-4H3,(H,40,42,43)(H2,41,44,49). The first-order valence-corrected chi connectivity index (χ1v) is 16.5. The maximum absolute atomic E-state index is 13.4. The average Bonchev–Trinajstić information content (AvgIpc) is 3.51. The van der Waals surface area contributed by atoms with Crippen LogP contribution in [-0.4, -0.2) is 55.1 Å². The third-order valence-corrected chi connectivity index (χ3v) is 8.41. The number of rotatable bonds is 9. The van der Waals surface area contributed by atoms with Crippen molar-refractivity contribution in [2.75, 3.05) is 33.9 Å². The number of hydrogen-bond donors (Lipinski definition) is 4. The number of hydrogen-bond acceptors (Lipinski definition) is 9. The summed E-state index contributed by atoms with van der Waals surface area (Å²) in [6.07, 6.45) is 4.69. The van der Waals surface area contributed by atoms with Gasteiger partial charge in [-0.25, -0.2) is 19.4 Å². The number of aliphatic hydroxyl groups excluding tert-OH is 1. The van der Waals surface area contributed by atoms with E-state index in [1.165, 1.54) is 0 Å². The van der Waals surface area contributed by atoms with E-state index in [0.29, 0.717) is 54.4 Å². The van der Waals surface area contributed by atoms with Crippen molar-refractivity contribution in [3.63, 3.8) is 0 Å². The third-order valence-electron chi connectivity index (χ3n) is 8.41. The normalized spacial score (nSPS) is 13.2. The van der Waals surface area contributed by atoms with Gasteiger partial charge in [-0.15, -0.1) is 0 Å². The lowest BCUT2D eigenvalue weighted by atomic mass is 9.92. The number of nitrogens with zero attached hydrogens (tertiary/aromatic N) is 6. The van der Waals surface area contributed by atoms with Gasteiger partial charge < -0.3 is 25.4 Å². The van der Waals surface area contributed by atoms with Crippen LogP contribution in [-0.2, 0) is 12.0 Å². The Labute approximate surface area is 290 Å². The summed E-state index contributed by atoms with van der Waals surface area (Å²) in [7, 11) is 0. The largest absolute Gasteiger partial charge is 0.488 e. The van der Waals surface area contributed by atoms with Gasteiger partial charge in [-0.1, -0.05) is 62.7 Å². The predicted molar refractivity (Wildman–Crippen MR) is 196 cm³/mol. The molecule has 12 nitrogen and oxygen atoms in total. The van der Waals surface area contributed by atoms with Crippen molar-refractivity contribution in [1.82, 2.24) is 24.7 Å². The van der Waals surface area contributed by atoms with Crippen LogP contribution in [0.3, 0.4) is 0 Å². The molecule has 4 N–H and O–H groups in total. The maximum Gasteiger partial charge on any atom is 0.324 e. The van der Waals surface area contributed by atoms with Gasteiger partial charge in [0.2, 0.25) is 0 Å². The molecule has 1 aliphatic heterocycles. The molecule has 4 heterocycles. The van der Waals surface area contributed by atoms with E-state index < -0.39 is 0 Å². The van der Waals surface area contributed by atoms with E-state index in [1.54, 1.807) is 23.3 Å². The molecule has 1 fully saturated rings. The molecule has 0 saturated carbocycles. The predicted octanol–water partition coefficient (Wildman–Crippen LogP) is 6.96. The highest BCUT2D eigenvalue weighted by Crippen LogP contribution is 2.33. The second kappa shape index (κ2) is 13.5. The Bertz CT molecular complexity index is 2150. The second-order valence-electron chi connectivity index (χ2n) is 13.4. The first-order valence-electron chi connectivity index (χ1n) is 16.5. The molecule has 3 aromatic carbocycles. The van der Waals surface area contributed by atoms with Gasteiger partial charge in [0.15, 0.2) is 5.82 Å². The van der Waals surface area contributed by atoms with Crippen LogP contribution in [0, 0.1) is 6.92 Å². The van der Waals surface area contributed by atoms with E-state index in [9.17, 15) is 9.90 Å². The number of fused-ring (bicyclic) bond motifs is 1. The molecular weight excluding hydrogens is 630 g/mol. The van der Waals surface area contributed by atoms with E-state index >= 15 is 0 Å². The number of aryl methyl sites for hydroxylation is 1. The number of urea groups is 1. The molecule has 50 heavy (non-hydrogen) atoms. The number of carbonyl (C=O) groups excluding carboxylic acids is 1. The number of amides is 2. The first kappa shape index (κ1) is 32.5. The summed E-state index contributed by atoms with van der Waals surface area (Å²) in [5.74, 6) is 3.12. The Balaban J connectivity index is 1.05. The van der Waals surface area contributed by atoms with Gasteiger partial charge >= 0.3 is 6.03 Å². The molecule has 3 aromatic heterocycles. The molecule has 1 saturated heterocycles. The fourth-order valence-corrected chi connectivity index (χ4v) is 5.63. The van der Waals surface area contributed by atoms with Gasteiger partial charge in [-0.2, -0.15) is 5.10 Å². The van der Waals surface area contributed by atoms with Crippen molar-refractivity contribution >= 4 is 45.8 Å². The van der Waals surface area contributed by atoms with Crippen molar-refractivity contribution in [3.05, 3.63) is 114 Å². The second-order valence-corrected chi connectivity index (χ2v) is 13.4. The van der Waals surface area contributed by atoms with Crippen LogP contribution in [0.25, 0.3) is 16.5 Å². The topological polar surface area (TPSA) is 142 Å². The quantitative estimate of drug-likeness (QED) is 0.128. The van der Waals surface area contributed by atoms with Crippen LogP contribution in [0.15, 0.2) is 97.5 Å². The molecule has 0 bridgehead atoms. The van der Waals surface area contributed by atoms with Gasteiger partial charge in [0.25, 0.3) is 0 Å². The average molecular weight is 670 g/mol. The summed E-state index contributed by atoms with van der Waals surface area (Å²) < 4.78 is 8.07. The number of aromatic nitrogens is 5. The monoisotopic (exact) mass is 669 g/mol. The fraction of sp³-hybridized carbons (Fsp3) is 0.237. The fourth-order valence-electron chi connectivity index (χ4n) is 5.63. The number of benzene rings is 3. The van der Waals surface area contributed by atoms with E-state index in [0.717, 1.165) is 33.3 Å².